The van der Waals surface area contributed by atoms with Gasteiger partial charge in [0.25, 0.3) is 5.91 Å². The molecule has 1 saturated heterocycles. The van der Waals surface area contributed by atoms with Crippen LogP contribution in [-0.4, -0.2) is 61.1 Å². The summed E-state index contributed by atoms with van der Waals surface area (Å²) in [6.07, 6.45) is 2.75. The molecule has 8 heteroatoms. The third-order valence-electron chi connectivity index (χ3n) is 5.83. The highest BCUT2D eigenvalue weighted by Crippen LogP contribution is 2.18. The Morgan fingerprint density at radius 3 is 2.50 bits per heavy atom. The molecule has 34 heavy (non-hydrogen) atoms. The predicted octanol–water partition coefficient (Wildman–Crippen LogP) is 3.68. The van der Waals surface area contributed by atoms with Gasteiger partial charge in [0, 0.05) is 44.0 Å². The third kappa shape index (κ3) is 7.60. The molecule has 3 rings (SSSR count). The van der Waals surface area contributed by atoms with E-state index in [0.717, 1.165) is 50.5 Å². The summed E-state index contributed by atoms with van der Waals surface area (Å²) in [5.41, 5.74) is 9.31. The summed E-state index contributed by atoms with van der Waals surface area (Å²) < 4.78 is 5.41. The first-order chi connectivity index (χ1) is 16.5. The Labute approximate surface area is 201 Å². The molecule has 2 aromatic rings. The van der Waals surface area contributed by atoms with Crippen LogP contribution in [0.15, 0.2) is 60.3 Å². The SMILES string of the molecule is C/C=C(\C)NC(=O)N(CCCN1CCOCC1)Cc1ccc(C(=O)Nc2ccccc2N)cc1. The van der Waals surface area contributed by atoms with Crippen molar-refractivity contribution in [3.63, 3.8) is 0 Å². The molecule has 0 bridgehead atoms. The molecule has 0 aromatic heterocycles. The first-order valence-corrected chi connectivity index (χ1v) is 11.7. The van der Waals surface area contributed by atoms with Crippen LogP contribution in [0.4, 0.5) is 16.2 Å². The van der Waals surface area contributed by atoms with E-state index in [1.54, 1.807) is 24.3 Å². The fraction of sp³-hybridized carbons (Fsp3) is 0.385. The number of rotatable bonds is 9. The van der Waals surface area contributed by atoms with E-state index in [4.69, 9.17) is 10.5 Å². The number of nitrogens with two attached hydrogens (primary N) is 1. The molecule has 0 unspecified atom stereocenters. The number of ether oxygens (including phenoxy) is 1. The monoisotopic (exact) mass is 465 g/mol. The second-order valence-corrected chi connectivity index (χ2v) is 8.37. The zero-order valence-electron chi connectivity index (χ0n) is 20.0. The van der Waals surface area contributed by atoms with Crippen LogP contribution in [-0.2, 0) is 11.3 Å². The van der Waals surface area contributed by atoms with Gasteiger partial charge in [0.05, 0.1) is 24.6 Å². The van der Waals surface area contributed by atoms with Crippen molar-refractivity contribution in [1.82, 2.24) is 15.1 Å². The minimum atomic E-state index is -0.228. The van der Waals surface area contributed by atoms with Crippen LogP contribution in [0.3, 0.4) is 0 Å². The molecule has 8 nitrogen and oxygen atoms in total. The van der Waals surface area contributed by atoms with E-state index in [9.17, 15) is 9.59 Å². The molecule has 1 aliphatic rings. The number of morpholine rings is 1. The van der Waals surface area contributed by atoms with Crippen molar-refractivity contribution >= 4 is 23.3 Å². The van der Waals surface area contributed by atoms with Crippen LogP contribution in [0.1, 0.15) is 36.2 Å². The van der Waals surface area contributed by atoms with Gasteiger partial charge in [-0.15, -0.1) is 0 Å². The van der Waals surface area contributed by atoms with Crippen molar-refractivity contribution in [2.24, 2.45) is 0 Å². The van der Waals surface area contributed by atoms with Gasteiger partial charge in [0.1, 0.15) is 0 Å². The fourth-order valence-electron chi connectivity index (χ4n) is 3.67. The lowest BCUT2D eigenvalue weighted by atomic mass is 10.1. The summed E-state index contributed by atoms with van der Waals surface area (Å²) in [6.45, 7) is 9.18. The summed E-state index contributed by atoms with van der Waals surface area (Å²) >= 11 is 0. The first-order valence-electron chi connectivity index (χ1n) is 11.7. The molecule has 182 valence electrons. The number of hydrogen-bond donors (Lipinski definition) is 3. The molecule has 2 aromatic carbocycles. The number of nitrogens with one attached hydrogen (secondary N) is 2. The van der Waals surface area contributed by atoms with Crippen LogP contribution in [0.2, 0.25) is 0 Å². The molecule has 0 radical (unpaired) electrons. The Morgan fingerprint density at radius 1 is 1.12 bits per heavy atom. The number of nitrogen functional groups attached to an aromatic ring is 1. The summed E-state index contributed by atoms with van der Waals surface area (Å²) in [5.74, 6) is -0.228. The van der Waals surface area contributed by atoms with Crippen molar-refractivity contribution in [3.8, 4) is 0 Å². The highest BCUT2D eigenvalue weighted by atomic mass is 16.5. The van der Waals surface area contributed by atoms with Gasteiger partial charge in [0.15, 0.2) is 0 Å². The van der Waals surface area contributed by atoms with E-state index in [0.29, 0.717) is 30.0 Å². The van der Waals surface area contributed by atoms with E-state index < -0.39 is 0 Å². The Morgan fingerprint density at radius 2 is 1.82 bits per heavy atom. The largest absolute Gasteiger partial charge is 0.397 e. The summed E-state index contributed by atoms with van der Waals surface area (Å²) in [6, 6.07) is 14.3. The number of nitrogens with zero attached hydrogens (tertiary/aromatic N) is 2. The smallest absolute Gasteiger partial charge is 0.321 e. The van der Waals surface area contributed by atoms with Gasteiger partial charge in [-0.05, 0) is 50.1 Å². The number of carbonyl (C=O) groups excluding carboxylic acids is 2. The Bertz CT molecular complexity index is 984. The first kappa shape index (κ1) is 25.3. The van der Waals surface area contributed by atoms with E-state index >= 15 is 0 Å². The summed E-state index contributed by atoms with van der Waals surface area (Å²) in [5, 5.41) is 5.77. The second-order valence-electron chi connectivity index (χ2n) is 8.37. The average Bonchev–Trinajstić information content (AvgIpc) is 2.85. The molecule has 0 spiro atoms. The molecule has 3 amide bonds. The van der Waals surface area contributed by atoms with Crippen molar-refractivity contribution < 1.29 is 14.3 Å². The molecule has 1 heterocycles. The normalized spacial score (nSPS) is 14.5. The Balaban J connectivity index is 1.61. The highest BCUT2D eigenvalue weighted by molar-refractivity contribution is 6.05. The molecular weight excluding hydrogens is 430 g/mol. The molecule has 0 saturated carbocycles. The third-order valence-corrected chi connectivity index (χ3v) is 5.83. The number of hydrogen-bond acceptors (Lipinski definition) is 5. The summed E-state index contributed by atoms with van der Waals surface area (Å²) in [4.78, 5) is 29.6. The van der Waals surface area contributed by atoms with Crippen molar-refractivity contribution in [3.05, 3.63) is 71.4 Å². The summed E-state index contributed by atoms with van der Waals surface area (Å²) in [7, 11) is 0. The van der Waals surface area contributed by atoms with Crippen LogP contribution in [0.25, 0.3) is 0 Å². The van der Waals surface area contributed by atoms with Gasteiger partial charge >= 0.3 is 6.03 Å². The van der Waals surface area contributed by atoms with E-state index in [2.05, 4.69) is 15.5 Å². The second kappa shape index (κ2) is 12.8. The van der Waals surface area contributed by atoms with Gasteiger partial charge in [-0.3, -0.25) is 9.69 Å². The lowest BCUT2D eigenvalue weighted by molar-refractivity contribution is 0.0364. The van der Waals surface area contributed by atoms with Gasteiger partial charge < -0.3 is 26.0 Å². The molecule has 1 aliphatic heterocycles. The number of amides is 3. The van der Waals surface area contributed by atoms with Crippen molar-refractivity contribution in [2.45, 2.75) is 26.8 Å². The lowest BCUT2D eigenvalue weighted by Gasteiger charge is -2.28. The fourth-order valence-corrected chi connectivity index (χ4v) is 3.67. The zero-order valence-corrected chi connectivity index (χ0v) is 20.0. The van der Waals surface area contributed by atoms with E-state index in [1.165, 1.54) is 0 Å². The van der Waals surface area contributed by atoms with Crippen LogP contribution < -0.4 is 16.4 Å². The zero-order chi connectivity index (χ0) is 24.3. The number of carbonyl (C=O) groups is 2. The van der Waals surface area contributed by atoms with Crippen molar-refractivity contribution in [1.29, 1.82) is 0 Å². The van der Waals surface area contributed by atoms with E-state index in [1.807, 2.05) is 49.1 Å². The Hall–Kier alpha value is -3.36. The maximum atomic E-state index is 12.9. The van der Waals surface area contributed by atoms with Crippen LogP contribution in [0, 0.1) is 0 Å². The van der Waals surface area contributed by atoms with E-state index in [-0.39, 0.29) is 11.9 Å². The Kier molecular flexibility index (Phi) is 9.49. The predicted molar refractivity (Wildman–Crippen MR) is 135 cm³/mol. The van der Waals surface area contributed by atoms with Gasteiger partial charge in [-0.25, -0.2) is 4.79 Å². The van der Waals surface area contributed by atoms with Gasteiger partial charge in [0.2, 0.25) is 0 Å². The highest BCUT2D eigenvalue weighted by Gasteiger charge is 2.16. The quantitative estimate of drug-likeness (QED) is 0.491. The van der Waals surface area contributed by atoms with Crippen molar-refractivity contribution in [2.75, 3.05) is 50.4 Å². The number of allylic oxidation sites excluding steroid dienone is 2. The standard InChI is InChI=1S/C26H35N5O3/c1-3-20(2)28-26(33)31(14-6-13-30-15-17-34-18-16-30)19-21-9-11-22(12-10-21)25(32)29-24-8-5-4-7-23(24)27/h3-5,7-12H,6,13-19,27H2,1-2H3,(H,28,33)(H,29,32)/b20-3+. The lowest BCUT2D eigenvalue weighted by Crippen LogP contribution is -2.41. The molecular formula is C26H35N5O3. The number of urea groups is 1. The number of para-hydroxylation sites is 2. The maximum Gasteiger partial charge on any atom is 0.321 e. The molecule has 1 fully saturated rings. The maximum absolute atomic E-state index is 12.9. The topological polar surface area (TPSA) is 99.9 Å². The number of anilines is 2. The van der Waals surface area contributed by atoms with Crippen LogP contribution >= 0.6 is 0 Å². The molecule has 0 atom stereocenters. The average molecular weight is 466 g/mol. The molecule has 4 N–H and O–H groups in total. The van der Waals surface area contributed by atoms with Gasteiger partial charge in [-0.1, -0.05) is 30.3 Å². The minimum Gasteiger partial charge on any atom is -0.397 e. The molecule has 0 aliphatic carbocycles. The minimum absolute atomic E-state index is 0.126. The van der Waals surface area contributed by atoms with Gasteiger partial charge in [-0.2, -0.15) is 0 Å². The number of benzene rings is 2. The van der Waals surface area contributed by atoms with Crippen LogP contribution in [0.5, 0.6) is 0 Å².